The summed E-state index contributed by atoms with van der Waals surface area (Å²) in [4.78, 5) is 34.2. The Morgan fingerprint density at radius 2 is 1.81 bits per heavy atom. The van der Waals surface area contributed by atoms with E-state index in [1.165, 1.54) is 6.92 Å². The van der Waals surface area contributed by atoms with E-state index in [2.05, 4.69) is 5.10 Å². The molecule has 0 spiro atoms. The fourth-order valence-electron chi connectivity index (χ4n) is 1.40. The Bertz CT molecular complexity index is 633. The molecule has 0 aliphatic rings. The van der Waals surface area contributed by atoms with Crippen LogP contribution in [0.1, 0.15) is 11.7 Å². The van der Waals surface area contributed by atoms with Gasteiger partial charge in [0.15, 0.2) is 0 Å². The van der Waals surface area contributed by atoms with Crippen LogP contribution in [0.15, 0.2) is 39.9 Å². The lowest BCUT2D eigenvalue weighted by Crippen LogP contribution is -2.29. The SMILES string of the molecule is CC(=O)n1[nH]c(=O)n(-c2ccccc2)c1=O. The molecular formula is C10H9N3O3. The number of nitrogens with one attached hydrogen (secondary N) is 1. The van der Waals surface area contributed by atoms with Crippen LogP contribution in [0.2, 0.25) is 0 Å². The molecule has 0 saturated heterocycles. The maximum Gasteiger partial charge on any atom is 0.358 e. The first-order valence-electron chi connectivity index (χ1n) is 4.61. The predicted molar refractivity (Wildman–Crippen MR) is 57.0 cm³/mol. The number of H-pyrrole nitrogens is 1. The van der Waals surface area contributed by atoms with E-state index >= 15 is 0 Å². The average molecular weight is 219 g/mol. The van der Waals surface area contributed by atoms with E-state index in [0.717, 1.165) is 4.57 Å². The number of carbonyl (C=O) groups is 1. The fourth-order valence-corrected chi connectivity index (χ4v) is 1.40. The molecule has 0 unspecified atom stereocenters. The Morgan fingerprint density at radius 1 is 1.19 bits per heavy atom. The van der Waals surface area contributed by atoms with Crippen LogP contribution in [0.5, 0.6) is 0 Å². The van der Waals surface area contributed by atoms with E-state index in [4.69, 9.17) is 0 Å². The molecule has 1 aromatic carbocycles. The maximum atomic E-state index is 11.7. The predicted octanol–water partition coefficient (Wildman–Crippen LogP) is -0.0126. The molecule has 1 N–H and O–H groups in total. The molecular weight excluding hydrogens is 210 g/mol. The number of aromatic amines is 1. The van der Waals surface area contributed by atoms with E-state index in [9.17, 15) is 14.4 Å². The topological polar surface area (TPSA) is 76.9 Å². The van der Waals surface area contributed by atoms with Crippen molar-refractivity contribution in [1.29, 1.82) is 0 Å². The molecule has 0 bridgehead atoms. The standard InChI is InChI=1S/C10H9N3O3/c1-7(14)13-10(16)12(9(15)11-13)8-5-3-2-4-6-8/h2-6H,1H3,(H,11,15). The van der Waals surface area contributed by atoms with Crippen LogP contribution in [0.4, 0.5) is 0 Å². The van der Waals surface area contributed by atoms with E-state index in [1.807, 2.05) is 0 Å². The molecule has 0 aliphatic heterocycles. The van der Waals surface area contributed by atoms with E-state index in [1.54, 1.807) is 30.3 Å². The Labute approximate surface area is 89.7 Å². The summed E-state index contributed by atoms with van der Waals surface area (Å²) >= 11 is 0. The van der Waals surface area contributed by atoms with Gasteiger partial charge in [-0.25, -0.2) is 19.3 Å². The zero-order valence-electron chi connectivity index (χ0n) is 8.51. The van der Waals surface area contributed by atoms with E-state index < -0.39 is 17.3 Å². The summed E-state index contributed by atoms with van der Waals surface area (Å²) in [7, 11) is 0. The molecule has 82 valence electrons. The molecule has 16 heavy (non-hydrogen) atoms. The second-order valence-corrected chi connectivity index (χ2v) is 3.22. The molecule has 0 fully saturated rings. The van der Waals surface area contributed by atoms with Gasteiger partial charge in [-0.3, -0.25) is 4.79 Å². The third-order valence-electron chi connectivity index (χ3n) is 2.12. The molecule has 0 radical (unpaired) electrons. The summed E-state index contributed by atoms with van der Waals surface area (Å²) < 4.78 is 1.58. The molecule has 1 heterocycles. The minimum Gasteiger partial charge on any atom is -0.273 e. The Hall–Kier alpha value is -2.37. The van der Waals surface area contributed by atoms with Crippen molar-refractivity contribution >= 4 is 5.91 Å². The van der Waals surface area contributed by atoms with Crippen LogP contribution >= 0.6 is 0 Å². The summed E-state index contributed by atoms with van der Waals surface area (Å²) in [5.74, 6) is -0.531. The fraction of sp³-hybridized carbons (Fsp3) is 0.100. The van der Waals surface area contributed by atoms with Gasteiger partial charge in [0.05, 0.1) is 5.69 Å². The summed E-state index contributed by atoms with van der Waals surface area (Å²) in [5.41, 5.74) is -0.899. The third-order valence-corrected chi connectivity index (χ3v) is 2.12. The van der Waals surface area contributed by atoms with Gasteiger partial charge in [-0.05, 0) is 12.1 Å². The second kappa shape index (κ2) is 3.65. The molecule has 6 nitrogen and oxygen atoms in total. The highest BCUT2D eigenvalue weighted by Gasteiger charge is 2.12. The maximum absolute atomic E-state index is 11.7. The van der Waals surface area contributed by atoms with Crippen molar-refractivity contribution in [2.75, 3.05) is 0 Å². The quantitative estimate of drug-likeness (QED) is 0.732. The van der Waals surface area contributed by atoms with Crippen LogP contribution in [0.3, 0.4) is 0 Å². The molecule has 1 aromatic heterocycles. The smallest absolute Gasteiger partial charge is 0.273 e. The minimum atomic E-state index is -0.691. The Morgan fingerprint density at radius 3 is 2.31 bits per heavy atom. The zero-order chi connectivity index (χ0) is 11.7. The third kappa shape index (κ3) is 1.50. The lowest BCUT2D eigenvalue weighted by molar-refractivity contribution is 0.0916. The van der Waals surface area contributed by atoms with Gasteiger partial charge < -0.3 is 0 Å². The average Bonchev–Trinajstić information content (AvgIpc) is 2.56. The van der Waals surface area contributed by atoms with Crippen molar-refractivity contribution < 1.29 is 4.79 Å². The molecule has 0 saturated carbocycles. The summed E-state index contributed by atoms with van der Waals surface area (Å²) in [5, 5.41) is 2.17. The second-order valence-electron chi connectivity index (χ2n) is 3.22. The van der Waals surface area contributed by atoms with Gasteiger partial charge in [-0.15, -0.1) is 0 Å². The highest BCUT2D eigenvalue weighted by Crippen LogP contribution is 1.99. The van der Waals surface area contributed by atoms with Gasteiger partial charge in [0.2, 0.25) is 5.91 Å². The minimum absolute atomic E-state index is 0.425. The number of hydrogen-bond donors (Lipinski definition) is 1. The Kier molecular flexibility index (Phi) is 2.32. The number of rotatable bonds is 1. The first-order valence-corrected chi connectivity index (χ1v) is 4.61. The van der Waals surface area contributed by atoms with Gasteiger partial charge in [0, 0.05) is 6.92 Å². The number of carbonyl (C=O) groups excluding carboxylic acids is 1. The number of nitrogens with zero attached hydrogens (tertiary/aromatic N) is 2. The van der Waals surface area contributed by atoms with Gasteiger partial charge in [0.1, 0.15) is 0 Å². The van der Waals surface area contributed by atoms with Crippen molar-refractivity contribution in [2.45, 2.75) is 6.92 Å². The molecule has 0 atom stereocenters. The van der Waals surface area contributed by atoms with Crippen molar-refractivity contribution in [3.05, 3.63) is 51.3 Å². The van der Waals surface area contributed by atoms with Gasteiger partial charge in [-0.1, -0.05) is 18.2 Å². The monoisotopic (exact) mass is 219 g/mol. The molecule has 2 aromatic rings. The first-order chi connectivity index (χ1) is 7.61. The molecule has 2 rings (SSSR count). The van der Waals surface area contributed by atoms with Crippen molar-refractivity contribution in [3.63, 3.8) is 0 Å². The summed E-state index contributed by atoms with van der Waals surface area (Å²) in [6, 6.07) is 8.39. The van der Waals surface area contributed by atoms with Crippen molar-refractivity contribution in [3.8, 4) is 5.69 Å². The molecule has 6 heteroatoms. The highest BCUT2D eigenvalue weighted by atomic mass is 16.2. The number of benzene rings is 1. The summed E-state index contributed by atoms with van der Waals surface area (Å²) in [6.07, 6.45) is 0. The molecule has 0 aliphatic carbocycles. The largest absolute Gasteiger partial charge is 0.358 e. The highest BCUT2D eigenvalue weighted by molar-refractivity contribution is 5.74. The zero-order valence-corrected chi connectivity index (χ0v) is 8.51. The van der Waals surface area contributed by atoms with E-state index in [0.29, 0.717) is 10.4 Å². The number of aromatic nitrogens is 3. The van der Waals surface area contributed by atoms with Crippen molar-refractivity contribution in [2.24, 2.45) is 0 Å². The van der Waals surface area contributed by atoms with Crippen LogP contribution in [0.25, 0.3) is 5.69 Å². The van der Waals surface area contributed by atoms with Crippen LogP contribution in [0, 0.1) is 0 Å². The summed E-state index contributed by atoms with van der Waals surface area (Å²) in [6.45, 7) is 1.20. The Balaban J connectivity index is 2.73. The number of hydrogen-bond acceptors (Lipinski definition) is 3. The van der Waals surface area contributed by atoms with Gasteiger partial charge in [0.25, 0.3) is 0 Å². The van der Waals surface area contributed by atoms with Crippen LogP contribution < -0.4 is 11.4 Å². The van der Waals surface area contributed by atoms with Crippen LogP contribution in [-0.2, 0) is 0 Å². The van der Waals surface area contributed by atoms with Crippen molar-refractivity contribution in [1.82, 2.24) is 14.3 Å². The normalized spacial score (nSPS) is 10.3. The van der Waals surface area contributed by atoms with E-state index in [-0.39, 0.29) is 0 Å². The van der Waals surface area contributed by atoms with Gasteiger partial charge in [-0.2, -0.15) is 4.68 Å². The van der Waals surface area contributed by atoms with Crippen LogP contribution in [-0.4, -0.2) is 20.3 Å². The van der Waals surface area contributed by atoms with Gasteiger partial charge >= 0.3 is 11.4 Å². The lowest BCUT2D eigenvalue weighted by Gasteiger charge is -1.96. The first kappa shape index (κ1) is 10.2. The number of para-hydroxylation sites is 1. The lowest BCUT2D eigenvalue weighted by atomic mass is 10.3. The molecule has 0 amide bonds.